The molecule has 4 rings (SSSR count). The third-order valence-corrected chi connectivity index (χ3v) is 9.59. The average Bonchev–Trinajstić information content (AvgIpc) is 2.60. The van der Waals surface area contributed by atoms with E-state index in [1.54, 1.807) is 0 Å². The Balaban J connectivity index is 1.84. The van der Waals surface area contributed by atoms with Crippen molar-refractivity contribution in [2.24, 2.45) is 11.3 Å². The van der Waals surface area contributed by atoms with Crippen molar-refractivity contribution in [3.05, 3.63) is 11.3 Å². The second-order valence-electron chi connectivity index (χ2n) is 10.3. The fourth-order valence-corrected chi connectivity index (χ4v) is 6.55. The van der Waals surface area contributed by atoms with Gasteiger partial charge in [-0.2, -0.15) is 0 Å². The van der Waals surface area contributed by atoms with Gasteiger partial charge in [-0.05, 0) is 57.8 Å². The third kappa shape index (κ3) is 2.74. The minimum atomic E-state index is -1.47. The van der Waals surface area contributed by atoms with E-state index in [0.29, 0.717) is 24.2 Å². The van der Waals surface area contributed by atoms with Crippen molar-refractivity contribution >= 4 is 40.6 Å². The third-order valence-electron chi connectivity index (χ3n) is 7.70. The summed E-state index contributed by atoms with van der Waals surface area (Å²) >= 11 is 19.7. The zero-order valence-electron chi connectivity index (χ0n) is 17.0. The summed E-state index contributed by atoms with van der Waals surface area (Å²) in [6.45, 7) is 10.1. The van der Waals surface area contributed by atoms with Gasteiger partial charge in [0.2, 0.25) is 0 Å². The van der Waals surface area contributed by atoms with Crippen molar-refractivity contribution in [2.75, 3.05) is 0 Å². The van der Waals surface area contributed by atoms with Crippen molar-refractivity contribution in [1.82, 2.24) is 0 Å². The summed E-state index contributed by atoms with van der Waals surface area (Å²) in [6.07, 6.45) is 1.44. The van der Waals surface area contributed by atoms with Crippen LogP contribution in [0, 0.1) is 11.3 Å². The maximum absolute atomic E-state index is 13.0. The number of allylic oxidation sites excluding steroid dienone is 1. The molecule has 2 fully saturated rings. The monoisotopic (exact) mass is 450 g/mol. The van der Waals surface area contributed by atoms with Crippen LogP contribution in [0.15, 0.2) is 11.3 Å². The molecular formula is C21H29Cl3O4. The standard InChI is InChI=1S/C21H29Cl3O4/c1-18(2)11-9-21(26)16-10(8-13(23)19(3,4)27-16)15(25)14(24)17(21)28-20(11,5)7-6-12(18)22/h11-14,17,26H,6-9H2,1-5H3/t11-,12-,13-,14+,17+,20-,21+/m0/s1. The number of hydrogen-bond acceptors (Lipinski definition) is 4. The summed E-state index contributed by atoms with van der Waals surface area (Å²) in [4.78, 5) is 13.0. The van der Waals surface area contributed by atoms with Gasteiger partial charge < -0.3 is 14.6 Å². The minimum Gasteiger partial charge on any atom is -0.487 e. The van der Waals surface area contributed by atoms with Crippen molar-refractivity contribution in [1.29, 1.82) is 0 Å². The molecule has 0 radical (unpaired) electrons. The first-order valence-corrected chi connectivity index (χ1v) is 11.3. The second-order valence-corrected chi connectivity index (χ2v) is 11.8. The number of carbonyl (C=O) groups excluding carboxylic acids is 1. The van der Waals surface area contributed by atoms with Crippen LogP contribution < -0.4 is 0 Å². The van der Waals surface area contributed by atoms with E-state index in [9.17, 15) is 9.90 Å². The van der Waals surface area contributed by atoms with Crippen LogP contribution >= 0.6 is 34.8 Å². The van der Waals surface area contributed by atoms with E-state index < -0.39 is 28.3 Å². The molecule has 1 saturated heterocycles. The van der Waals surface area contributed by atoms with Gasteiger partial charge in [0.25, 0.3) is 0 Å². The Kier molecular flexibility index (Phi) is 4.75. The van der Waals surface area contributed by atoms with Crippen LogP contribution in [0.4, 0.5) is 0 Å². The van der Waals surface area contributed by atoms with Crippen LogP contribution in [-0.2, 0) is 14.3 Å². The highest BCUT2D eigenvalue weighted by Gasteiger charge is 2.67. The molecule has 7 heteroatoms. The summed E-state index contributed by atoms with van der Waals surface area (Å²) in [6, 6.07) is 0. The van der Waals surface area contributed by atoms with Gasteiger partial charge in [0.15, 0.2) is 11.4 Å². The van der Waals surface area contributed by atoms with Crippen LogP contribution in [0.1, 0.15) is 60.3 Å². The van der Waals surface area contributed by atoms with Crippen molar-refractivity contribution in [2.45, 2.75) is 99.3 Å². The van der Waals surface area contributed by atoms with Crippen LogP contribution in [0.5, 0.6) is 0 Å². The molecule has 0 aromatic heterocycles. The highest BCUT2D eigenvalue weighted by Crippen LogP contribution is 2.60. The largest absolute Gasteiger partial charge is 0.487 e. The molecule has 2 heterocycles. The molecule has 0 amide bonds. The highest BCUT2D eigenvalue weighted by molar-refractivity contribution is 6.35. The summed E-state index contributed by atoms with van der Waals surface area (Å²) in [7, 11) is 0. The van der Waals surface area contributed by atoms with Gasteiger partial charge >= 0.3 is 0 Å². The van der Waals surface area contributed by atoms with E-state index in [1.165, 1.54) is 0 Å². The maximum Gasteiger partial charge on any atom is 0.182 e. The Morgan fingerprint density at radius 2 is 1.71 bits per heavy atom. The number of fused-ring (bicyclic) bond motifs is 3. The number of halogens is 3. The fraction of sp³-hybridized carbons (Fsp3) is 0.857. The first-order valence-electron chi connectivity index (χ1n) is 10.0. The predicted octanol–water partition coefficient (Wildman–Crippen LogP) is 4.56. The van der Waals surface area contributed by atoms with Crippen LogP contribution in [0.2, 0.25) is 0 Å². The highest BCUT2D eigenvalue weighted by atomic mass is 35.5. The predicted molar refractivity (Wildman–Crippen MR) is 110 cm³/mol. The molecule has 1 N–H and O–H groups in total. The number of ketones is 1. The lowest BCUT2D eigenvalue weighted by Gasteiger charge is -2.62. The van der Waals surface area contributed by atoms with Crippen LogP contribution in [0.25, 0.3) is 0 Å². The number of aliphatic hydroxyl groups is 1. The Bertz CT molecular complexity index is 748. The quantitative estimate of drug-likeness (QED) is 0.549. The lowest BCUT2D eigenvalue weighted by Crippen LogP contribution is -2.70. The Hall–Kier alpha value is -0.0000000000000000208. The van der Waals surface area contributed by atoms with Crippen molar-refractivity contribution < 1.29 is 19.4 Å². The van der Waals surface area contributed by atoms with Crippen LogP contribution in [0.3, 0.4) is 0 Å². The van der Waals surface area contributed by atoms with E-state index in [2.05, 4.69) is 20.8 Å². The van der Waals surface area contributed by atoms with Gasteiger partial charge in [-0.25, -0.2) is 0 Å². The van der Waals surface area contributed by atoms with Gasteiger partial charge in [0, 0.05) is 11.0 Å². The number of ether oxygens (including phenoxy) is 2. The Morgan fingerprint density at radius 1 is 1.07 bits per heavy atom. The van der Waals surface area contributed by atoms with E-state index in [4.69, 9.17) is 44.3 Å². The van der Waals surface area contributed by atoms with Gasteiger partial charge in [-0.3, -0.25) is 4.79 Å². The number of carbonyl (C=O) groups is 1. The first kappa shape index (κ1) is 21.2. The van der Waals surface area contributed by atoms with E-state index in [1.807, 2.05) is 13.8 Å². The molecule has 0 aromatic rings. The fourth-order valence-electron chi connectivity index (χ4n) is 5.70. The molecule has 1 saturated carbocycles. The SMILES string of the molecule is CC1(C)OC2=C(C[C@@H]1Cl)C(=O)[C@@H](Cl)[C@H]1O[C@@]3(C)CC[C@H](Cl)C(C)(C)[C@@H]3C[C@@]21O. The molecule has 158 valence electrons. The molecule has 0 spiro atoms. The molecule has 2 aliphatic carbocycles. The molecule has 7 atom stereocenters. The Morgan fingerprint density at radius 3 is 2.36 bits per heavy atom. The number of alkyl halides is 3. The van der Waals surface area contributed by atoms with Gasteiger partial charge in [-0.1, -0.05) is 13.8 Å². The lowest BCUT2D eigenvalue weighted by molar-refractivity contribution is -0.271. The first-order chi connectivity index (χ1) is 12.7. The zero-order chi connectivity index (χ0) is 20.9. The topological polar surface area (TPSA) is 55.8 Å². The smallest absolute Gasteiger partial charge is 0.182 e. The summed E-state index contributed by atoms with van der Waals surface area (Å²) in [5.41, 5.74) is -2.53. The van der Waals surface area contributed by atoms with Crippen LogP contribution in [-0.4, -0.2) is 49.9 Å². The minimum absolute atomic E-state index is 0.0104. The molecular weight excluding hydrogens is 423 g/mol. The average molecular weight is 452 g/mol. The molecule has 0 unspecified atom stereocenters. The lowest BCUT2D eigenvalue weighted by atomic mass is 9.55. The molecule has 2 aliphatic heterocycles. The number of hydrogen-bond donors (Lipinski definition) is 1. The maximum atomic E-state index is 13.0. The second kappa shape index (κ2) is 6.26. The number of Topliss-reactive ketones (excluding diaryl/α,β-unsaturated/α-hetero) is 1. The zero-order valence-corrected chi connectivity index (χ0v) is 19.3. The number of rotatable bonds is 0. The van der Waals surface area contributed by atoms with E-state index in [-0.39, 0.29) is 27.9 Å². The van der Waals surface area contributed by atoms with Crippen molar-refractivity contribution in [3.63, 3.8) is 0 Å². The summed E-state index contributed by atoms with van der Waals surface area (Å²) < 4.78 is 12.7. The van der Waals surface area contributed by atoms with Gasteiger partial charge in [0.05, 0.1) is 11.0 Å². The van der Waals surface area contributed by atoms with Gasteiger partial charge in [0.1, 0.15) is 22.8 Å². The Labute approximate surface area is 181 Å². The normalized spacial score (nSPS) is 49.6. The van der Waals surface area contributed by atoms with Gasteiger partial charge in [-0.15, -0.1) is 34.8 Å². The molecule has 0 aromatic carbocycles. The molecule has 28 heavy (non-hydrogen) atoms. The molecule has 4 aliphatic rings. The molecule has 4 nitrogen and oxygen atoms in total. The van der Waals surface area contributed by atoms with Crippen molar-refractivity contribution in [3.8, 4) is 0 Å². The summed E-state index contributed by atoms with van der Waals surface area (Å²) in [5.74, 6) is 0.0411. The van der Waals surface area contributed by atoms with E-state index >= 15 is 0 Å². The molecule has 0 bridgehead atoms. The summed E-state index contributed by atoms with van der Waals surface area (Å²) in [5, 5.41) is 10.6. The van der Waals surface area contributed by atoms with E-state index in [0.717, 1.165) is 12.8 Å².